The second-order valence-electron chi connectivity index (χ2n) is 4.95. The van der Waals surface area contributed by atoms with Crippen LogP contribution >= 0.6 is 0 Å². The van der Waals surface area contributed by atoms with Gasteiger partial charge in [-0.3, -0.25) is 5.10 Å². The molecule has 0 aromatic carbocycles. The third-order valence-electron chi connectivity index (χ3n) is 1.98. The molecule has 0 bridgehead atoms. The number of hydrogen-bond acceptors (Lipinski definition) is 5. The zero-order valence-electron chi connectivity index (χ0n) is 11.1. The van der Waals surface area contributed by atoms with Crippen molar-refractivity contribution in [1.29, 1.82) is 0 Å². The maximum absolute atomic E-state index is 11.4. The number of H-pyrrole nitrogens is 1. The first kappa shape index (κ1) is 14.4. The van der Waals surface area contributed by atoms with Crippen molar-refractivity contribution < 1.29 is 9.53 Å². The van der Waals surface area contributed by atoms with Crippen molar-refractivity contribution in [3.8, 4) is 0 Å². The van der Waals surface area contributed by atoms with Gasteiger partial charge < -0.3 is 15.8 Å². The lowest BCUT2D eigenvalue weighted by Gasteiger charge is -2.19. The van der Waals surface area contributed by atoms with E-state index in [1.807, 2.05) is 20.8 Å². The van der Waals surface area contributed by atoms with Crippen LogP contribution in [-0.2, 0) is 17.7 Å². The first-order valence-corrected chi connectivity index (χ1v) is 5.98. The average Bonchev–Trinajstić information content (AvgIpc) is 2.69. The summed E-state index contributed by atoms with van der Waals surface area (Å²) >= 11 is 0. The number of hydrogen-bond donors (Lipinski definition) is 3. The average molecular weight is 255 g/mol. The van der Waals surface area contributed by atoms with Gasteiger partial charge in [0.1, 0.15) is 11.4 Å². The van der Waals surface area contributed by atoms with E-state index in [0.717, 1.165) is 12.8 Å². The van der Waals surface area contributed by atoms with Crippen molar-refractivity contribution in [3.05, 3.63) is 11.6 Å². The van der Waals surface area contributed by atoms with E-state index in [2.05, 4.69) is 20.5 Å². The number of nitrogens with zero attached hydrogens (tertiary/aromatic N) is 2. The minimum Gasteiger partial charge on any atom is -0.444 e. The van der Waals surface area contributed by atoms with Gasteiger partial charge in [0, 0.05) is 6.42 Å². The summed E-state index contributed by atoms with van der Waals surface area (Å²) in [6.45, 7) is 6.31. The Labute approximate surface area is 106 Å². The molecule has 102 valence electrons. The van der Waals surface area contributed by atoms with E-state index in [4.69, 9.17) is 10.5 Å². The molecule has 1 rings (SSSR count). The predicted molar refractivity (Wildman–Crippen MR) is 66.8 cm³/mol. The van der Waals surface area contributed by atoms with Crippen molar-refractivity contribution in [3.63, 3.8) is 0 Å². The highest BCUT2D eigenvalue weighted by Crippen LogP contribution is 2.06. The predicted octanol–water partition coefficient (Wildman–Crippen LogP) is 0.721. The molecule has 1 amide bonds. The molecule has 1 aromatic heterocycles. The fourth-order valence-electron chi connectivity index (χ4n) is 1.26. The molecule has 0 aliphatic carbocycles. The number of aromatic nitrogens is 3. The molecule has 0 atom stereocenters. The van der Waals surface area contributed by atoms with Crippen molar-refractivity contribution >= 4 is 6.09 Å². The fourth-order valence-corrected chi connectivity index (χ4v) is 1.26. The van der Waals surface area contributed by atoms with Gasteiger partial charge in [-0.25, -0.2) is 9.78 Å². The summed E-state index contributed by atoms with van der Waals surface area (Å²) in [4.78, 5) is 15.6. The molecule has 7 heteroatoms. The Morgan fingerprint density at radius 2 is 2.22 bits per heavy atom. The van der Waals surface area contributed by atoms with Gasteiger partial charge in [-0.05, 0) is 33.7 Å². The van der Waals surface area contributed by atoms with Crippen LogP contribution < -0.4 is 11.1 Å². The highest BCUT2D eigenvalue weighted by Gasteiger charge is 2.16. The number of carbonyl (C=O) groups is 1. The third-order valence-corrected chi connectivity index (χ3v) is 1.98. The van der Waals surface area contributed by atoms with E-state index < -0.39 is 11.7 Å². The highest BCUT2D eigenvalue weighted by atomic mass is 16.6. The SMILES string of the molecule is CC(C)(C)OC(=O)NCc1nc(CCCN)n[nH]1. The summed E-state index contributed by atoms with van der Waals surface area (Å²) in [5.41, 5.74) is 4.90. The van der Waals surface area contributed by atoms with Crippen LogP contribution in [0.4, 0.5) is 4.79 Å². The molecule has 0 unspecified atom stereocenters. The zero-order valence-corrected chi connectivity index (χ0v) is 11.1. The third kappa shape index (κ3) is 5.62. The molecule has 0 aliphatic rings. The van der Waals surface area contributed by atoms with E-state index in [1.165, 1.54) is 0 Å². The van der Waals surface area contributed by atoms with E-state index in [1.54, 1.807) is 0 Å². The van der Waals surface area contributed by atoms with Gasteiger partial charge in [-0.2, -0.15) is 5.10 Å². The second-order valence-corrected chi connectivity index (χ2v) is 4.95. The number of aromatic amines is 1. The number of alkyl carbamates (subject to hydrolysis) is 1. The standard InChI is InChI=1S/C11H21N5O2/c1-11(2,3)18-10(17)13-7-9-14-8(15-16-9)5-4-6-12/h4-7,12H2,1-3H3,(H,13,17)(H,14,15,16). The van der Waals surface area contributed by atoms with Gasteiger partial charge >= 0.3 is 6.09 Å². The number of ether oxygens (including phenoxy) is 1. The van der Waals surface area contributed by atoms with Crippen molar-refractivity contribution in [2.45, 2.75) is 45.8 Å². The molecule has 4 N–H and O–H groups in total. The van der Waals surface area contributed by atoms with Crippen molar-refractivity contribution in [1.82, 2.24) is 20.5 Å². The topological polar surface area (TPSA) is 106 Å². The smallest absolute Gasteiger partial charge is 0.408 e. The lowest BCUT2D eigenvalue weighted by Crippen LogP contribution is -2.32. The Hall–Kier alpha value is -1.63. The van der Waals surface area contributed by atoms with E-state index in [9.17, 15) is 4.79 Å². The molecule has 0 aliphatic heterocycles. The summed E-state index contributed by atoms with van der Waals surface area (Å²) < 4.78 is 5.10. The summed E-state index contributed by atoms with van der Waals surface area (Å²) in [5, 5.41) is 9.39. The van der Waals surface area contributed by atoms with Gasteiger partial charge in [0.15, 0.2) is 5.82 Å². The number of rotatable bonds is 5. The van der Waals surface area contributed by atoms with Gasteiger partial charge in [0.2, 0.25) is 0 Å². The molecule has 7 nitrogen and oxygen atoms in total. The Morgan fingerprint density at radius 1 is 1.50 bits per heavy atom. The largest absolute Gasteiger partial charge is 0.444 e. The molecular weight excluding hydrogens is 234 g/mol. The number of amides is 1. The van der Waals surface area contributed by atoms with Crippen LogP contribution in [0.15, 0.2) is 0 Å². The molecule has 0 fully saturated rings. The zero-order chi connectivity index (χ0) is 13.6. The van der Waals surface area contributed by atoms with E-state index in [-0.39, 0.29) is 6.54 Å². The normalized spacial score (nSPS) is 11.3. The number of carbonyl (C=O) groups excluding carboxylic acids is 1. The van der Waals surface area contributed by atoms with Gasteiger partial charge in [-0.1, -0.05) is 0 Å². The lowest BCUT2D eigenvalue weighted by atomic mass is 10.2. The molecule has 18 heavy (non-hydrogen) atoms. The summed E-state index contributed by atoms with van der Waals surface area (Å²) in [7, 11) is 0. The molecule has 0 saturated heterocycles. The second kappa shape index (κ2) is 6.34. The fraction of sp³-hybridized carbons (Fsp3) is 0.727. The van der Waals surface area contributed by atoms with Crippen LogP contribution in [0, 0.1) is 0 Å². The first-order chi connectivity index (χ1) is 8.40. The molecule has 1 heterocycles. The van der Waals surface area contributed by atoms with Crippen LogP contribution in [0.5, 0.6) is 0 Å². The quantitative estimate of drug-likeness (QED) is 0.719. The lowest BCUT2D eigenvalue weighted by molar-refractivity contribution is 0.0522. The Bertz CT molecular complexity index is 383. The molecule has 1 aromatic rings. The number of nitrogens with one attached hydrogen (secondary N) is 2. The van der Waals surface area contributed by atoms with Crippen LogP contribution in [0.2, 0.25) is 0 Å². The molecular formula is C11H21N5O2. The van der Waals surface area contributed by atoms with Crippen LogP contribution in [0.3, 0.4) is 0 Å². The van der Waals surface area contributed by atoms with Crippen molar-refractivity contribution in [2.24, 2.45) is 5.73 Å². The van der Waals surface area contributed by atoms with Crippen LogP contribution in [-0.4, -0.2) is 33.4 Å². The van der Waals surface area contributed by atoms with E-state index >= 15 is 0 Å². The van der Waals surface area contributed by atoms with Gasteiger partial charge in [0.25, 0.3) is 0 Å². The van der Waals surface area contributed by atoms with Crippen molar-refractivity contribution in [2.75, 3.05) is 6.54 Å². The molecule has 0 radical (unpaired) electrons. The number of aryl methyl sites for hydroxylation is 1. The Morgan fingerprint density at radius 3 is 2.83 bits per heavy atom. The minimum atomic E-state index is -0.502. The maximum atomic E-state index is 11.4. The summed E-state index contributed by atoms with van der Waals surface area (Å²) in [6, 6.07) is 0. The van der Waals surface area contributed by atoms with Gasteiger partial charge in [0.05, 0.1) is 6.54 Å². The monoisotopic (exact) mass is 255 g/mol. The van der Waals surface area contributed by atoms with Crippen LogP contribution in [0.1, 0.15) is 38.8 Å². The van der Waals surface area contributed by atoms with Crippen LogP contribution in [0.25, 0.3) is 0 Å². The minimum absolute atomic E-state index is 0.268. The summed E-state index contributed by atoms with van der Waals surface area (Å²) in [6.07, 6.45) is 1.11. The highest BCUT2D eigenvalue weighted by molar-refractivity contribution is 5.67. The summed E-state index contributed by atoms with van der Waals surface area (Å²) in [5.74, 6) is 1.31. The first-order valence-electron chi connectivity index (χ1n) is 5.98. The molecule has 0 spiro atoms. The van der Waals surface area contributed by atoms with Gasteiger partial charge in [-0.15, -0.1) is 0 Å². The number of nitrogens with two attached hydrogens (primary N) is 1. The Balaban J connectivity index is 2.35. The Kier molecular flexibility index (Phi) is 5.08. The maximum Gasteiger partial charge on any atom is 0.408 e. The van der Waals surface area contributed by atoms with E-state index in [0.29, 0.717) is 18.2 Å². The molecule has 0 saturated carbocycles.